The molecule has 0 saturated heterocycles. The number of anilines is 1. The summed E-state index contributed by atoms with van der Waals surface area (Å²) in [6, 6.07) is 2.51. The van der Waals surface area contributed by atoms with Crippen LogP contribution in [0.4, 0.5) is 5.69 Å². The first-order valence-corrected chi connectivity index (χ1v) is 4.43. The topological polar surface area (TPSA) is 24.9 Å². The van der Waals surface area contributed by atoms with Crippen LogP contribution >= 0.6 is 0 Å². The van der Waals surface area contributed by atoms with Crippen molar-refractivity contribution in [3.8, 4) is 0 Å². The molecule has 2 heteroatoms. The zero-order valence-corrected chi connectivity index (χ0v) is 7.96. The van der Waals surface area contributed by atoms with Crippen molar-refractivity contribution in [2.75, 3.05) is 5.32 Å². The van der Waals surface area contributed by atoms with Gasteiger partial charge in [-0.3, -0.25) is 4.98 Å². The van der Waals surface area contributed by atoms with E-state index in [1.807, 2.05) is 18.5 Å². The molecule has 12 heavy (non-hydrogen) atoms. The van der Waals surface area contributed by atoms with E-state index >= 15 is 0 Å². The molecule has 0 amide bonds. The Balaban J connectivity index is 2.82. The van der Waals surface area contributed by atoms with Crippen molar-refractivity contribution in [1.29, 1.82) is 0 Å². The van der Waals surface area contributed by atoms with Crippen molar-refractivity contribution in [3.05, 3.63) is 24.0 Å². The fourth-order valence-corrected chi connectivity index (χ4v) is 1.16. The minimum absolute atomic E-state index is 0.484. The lowest BCUT2D eigenvalue weighted by molar-refractivity contribution is 0.892. The van der Waals surface area contributed by atoms with Crippen molar-refractivity contribution < 1.29 is 0 Å². The second kappa shape index (κ2) is 4.10. The molecule has 1 aromatic rings. The maximum atomic E-state index is 4.08. The fraction of sp³-hybridized carbons (Fsp3) is 0.500. The summed E-state index contributed by atoms with van der Waals surface area (Å²) in [4.78, 5) is 4.08. The third kappa shape index (κ3) is 2.22. The highest BCUT2D eigenvalue weighted by Crippen LogP contribution is 2.14. The minimum atomic E-state index is 0.484. The van der Waals surface area contributed by atoms with Gasteiger partial charge in [-0.2, -0.15) is 0 Å². The van der Waals surface area contributed by atoms with E-state index in [-0.39, 0.29) is 0 Å². The van der Waals surface area contributed by atoms with Crippen LogP contribution in [0.3, 0.4) is 0 Å². The fourth-order valence-electron chi connectivity index (χ4n) is 1.16. The number of hydrogen-bond acceptors (Lipinski definition) is 2. The molecule has 1 N–H and O–H groups in total. The Kier molecular flexibility index (Phi) is 3.09. The smallest absolute Gasteiger partial charge is 0.0405 e. The van der Waals surface area contributed by atoms with E-state index < -0.39 is 0 Å². The van der Waals surface area contributed by atoms with E-state index in [4.69, 9.17) is 0 Å². The maximum Gasteiger partial charge on any atom is 0.0405 e. The average molecular weight is 164 g/mol. The van der Waals surface area contributed by atoms with E-state index in [0.29, 0.717) is 6.04 Å². The molecule has 1 aromatic heterocycles. The monoisotopic (exact) mass is 164 g/mol. The summed E-state index contributed by atoms with van der Waals surface area (Å²) < 4.78 is 0. The molecule has 66 valence electrons. The number of nitrogens with one attached hydrogen (secondary N) is 1. The Morgan fingerprint density at radius 2 is 2.25 bits per heavy atom. The molecule has 0 bridgehead atoms. The number of pyridine rings is 1. The molecule has 0 saturated carbocycles. The highest BCUT2D eigenvalue weighted by Gasteiger charge is 2.00. The molecule has 0 radical (unpaired) electrons. The molecule has 0 aromatic carbocycles. The van der Waals surface area contributed by atoms with E-state index in [1.165, 1.54) is 11.3 Å². The summed E-state index contributed by atoms with van der Waals surface area (Å²) in [5, 5.41) is 3.38. The summed E-state index contributed by atoms with van der Waals surface area (Å²) in [6.07, 6.45) is 4.78. The number of nitrogens with zero attached hydrogens (tertiary/aromatic N) is 1. The van der Waals surface area contributed by atoms with Crippen LogP contribution in [0.5, 0.6) is 0 Å². The third-order valence-electron chi connectivity index (χ3n) is 1.73. The molecule has 0 aliphatic carbocycles. The van der Waals surface area contributed by atoms with Gasteiger partial charge in [-0.15, -0.1) is 0 Å². The largest absolute Gasteiger partial charge is 0.383 e. The van der Waals surface area contributed by atoms with Crippen molar-refractivity contribution in [3.63, 3.8) is 0 Å². The normalized spacial score (nSPS) is 10.3. The van der Waals surface area contributed by atoms with Crippen molar-refractivity contribution in [2.24, 2.45) is 0 Å². The number of rotatable bonds is 3. The Morgan fingerprint density at radius 3 is 2.83 bits per heavy atom. The first-order valence-electron chi connectivity index (χ1n) is 4.43. The Morgan fingerprint density at radius 1 is 1.50 bits per heavy atom. The summed E-state index contributed by atoms with van der Waals surface area (Å²) in [7, 11) is 0. The van der Waals surface area contributed by atoms with Crippen LogP contribution < -0.4 is 5.32 Å². The van der Waals surface area contributed by atoms with Crippen molar-refractivity contribution in [1.82, 2.24) is 4.98 Å². The maximum absolute atomic E-state index is 4.08. The highest BCUT2D eigenvalue weighted by atomic mass is 14.9. The standard InChI is InChI=1S/C10H16N2/c1-4-9-7-11-6-5-10(9)12-8(2)3/h5-8H,4H2,1-3H3,(H,11,12). The van der Waals surface area contributed by atoms with Gasteiger partial charge in [-0.25, -0.2) is 0 Å². The Hall–Kier alpha value is -1.05. The van der Waals surface area contributed by atoms with E-state index in [2.05, 4.69) is 31.1 Å². The predicted molar refractivity (Wildman–Crippen MR) is 52.4 cm³/mol. The summed E-state index contributed by atoms with van der Waals surface area (Å²) in [5.74, 6) is 0. The van der Waals surface area contributed by atoms with E-state index in [1.54, 1.807) is 0 Å². The van der Waals surface area contributed by atoms with Crippen molar-refractivity contribution in [2.45, 2.75) is 33.2 Å². The second-order valence-electron chi connectivity index (χ2n) is 3.19. The van der Waals surface area contributed by atoms with Gasteiger partial charge in [-0.1, -0.05) is 6.92 Å². The summed E-state index contributed by atoms with van der Waals surface area (Å²) in [5.41, 5.74) is 2.49. The van der Waals surface area contributed by atoms with Crippen LogP contribution in [-0.2, 0) is 6.42 Å². The van der Waals surface area contributed by atoms with Crippen LogP contribution in [0.15, 0.2) is 18.5 Å². The van der Waals surface area contributed by atoms with Gasteiger partial charge >= 0.3 is 0 Å². The lowest BCUT2D eigenvalue weighted by Crippen LogP contribution is -2.11. The number of hydrogen-bond donors (Lipinski definition) is 1. The average Bonchev–Trinajstić information content (AvgIpc) is 2.04. The lowest BCUT2D eigenvalue weighted by Gasteiger charge is -2.12. The second-order valence-corrected chi connectivity index (χ2v) is 3.19. The van der Waals surface area contributed by atoms with Gasteiger partial charge in [0.1, 0.15) is 0 Å². The molecule has 1 heterocycles. The zero-order chi connectivity index (χ0) is 8.97. The molecule has 0 fully saturated rings. The first kappa shape index (κ1) is 9.04. The number of aromatic nitrogens is 1. The zero-order valence-electron chi connectivity index (χ0n) is 7.96. The van der Waals surface area contributed by atoms with Gasteiger partial charge in [0.05, 0.1) is 0 Å². The molecule has 0 aliphatic rings. The van der Waals surface area contributed by atoms with Crippen LogP contribution in [-0.4, -0.2) is 11.0 Å². The van der Waals surface area contributed by atoms with Gasteiger partial charge in [0.25, 0.3) is 0 Å². The van der Waals surface area contributed by atoms with Gasteiger partial charge in [-0.05, 0) is 31.9 Å². The molecular weight excluding hydrogens is 148 g/mol. The van der Waals surface area contributed by atoms with Crippen LogP contribution in [0.2, 0.25) is 0 Å². The predicted octanol–water partition coefficient (Wildman–Crippen LogP) is 2.46. The molecule has 0 unspecified atom stereocenters. The van der Waals surface area contributed by atoms with Gasteiger partial charge < -0.3 is 5.32 Å². The SMILES string of the molecule is CCc1cnccc1NC(C)C. The lowest BCUT2D eigenvalue weighted by atomic mass is 10.2. The van der Waals surface area contributed by atoms with Crippen molar-refractivity contribution >= 4 is 5.69 Å². The van der Waals surface area contributed by atoms with E-state index in [9.17, 15) is 0 Å². The van der Waals surface area contributed by atoms with Gasteiger partial charge in [0.15, 0.2) is 0 Å². The highest BCUT2D eigenvalue weighted by molar-refractivity contribution is 5.49. The molecule has 0 aliphatic heterocycles. The van der Waals surface area contributed by atoms with Gasteiger partial charge in [0, 0.05) is 24.1 Å². The molecule has 2 nitrogen and oxygen atoms in total. The molecule has 1 rings (SSSR count). The minimum Gasteiger partial charge on any atom is -0.383 e. The molecule has 0 spiro atoms. The quantitative estimate of drug-likeness (QED) is 0.742. The van der Waals surface area contributed by atoms with E-state index in [0.717, 1.165) is 6.42 Å². The third-order valence-corrected chi connectivity index (χ3v) is 1.73. The Labute approximate surface area is 74.0 Å². The van der Waals surface area contributed by atoms with Gasteiger partial charge in [0.2, 0.25) is 0 Å². The van der Waals surface area contributed by atoms with Crippen LogP contribution in [0.25, 0.3) is 0 Å². The van der Waals surface area contributed by atoms with Crippen LogP contribution in [0, 0.1) is 0 Å². The molecular formula is C10H16N2. The van der Waals surface area contributed by atoms with Crippen LogP contribution in [0.1, 0.15) is 26.3 Å². The summed E-state index contributed by atoms with van der Waals surface area (Å²) >= 11 is 0. The summed E-state index contributed by atoms with van der Waals surface area (Å²) in [6.45, 7) is 6.42. The molecule has 0 atom stereocenters. The number of aryl methyl sites for hydroxylation is 1. The first-order chi connectivity index (χ1) is 5.74. The Bertz CT molecular complexity index is 243.